The van der Waals surface area contributed by atoms with Gasteiger partial charge in [-0.1, -0.05) is 42.5 Å². The lowest BCUT2D eigenvalue weighted by Gasteiger charge is -2.23. The molecule has 0 aromatic heterocycles. The second-order valence-corrected chi connectivity index (χ2v) is 10.6. The lowest BCUT2D eigenvalue weighted by atomic mass is 10.0. The lowest BCUT2D eigenvalue weighted by Crippen LogP contribution is -2.50. The first kappa shape index (κ1) is 28.5. The number of fused-ring (bicyclic) bond motifs is 2. The summed E-state index contributed by atoms with van der Waals surface area (Å²) in [6.45, 7) is 0.287. The standard InChI is InChI=1S/C29H33FN4O4S/c30-22-9-10-25-26(16-22)39-13-11-28(37)34(25)12-3-6-27(36)33-24(29(38)32-18-23(35)17-31)15-19-7-8-20-4-1-2-5-21(20)14-19/h1-2,4-5,7-10,14,16,23-24,35H,3,6,11-13,15,17-18,31H2,(H,32,38)(H,33,36)/t23-,24?/m1/s1. The number of aliphatic hydroxyl groups is 1. The van der Waals surface area contributed by atoms with Gasteiger partial charge in [0.15, 0.2) is 0 Å². The zero-order valence-electron chi connectivity index (χ0n) is 21.6. The van der Waals surface area contributed by atoms with Gasteiger partial charge >= 0.3 is 0 Å². The number of rotatable bonds is 11. The van der Waals surface area contributed by atoms with E-state index in [0.717, 1.165) is 16.3 Å². The molecule has 8 nitrogen and oxygen atoms in total. The van der Waals surface area contributed by atoms with Gasteiger partial charge in [-0.15, -0.1) is 11.8 Å². The molecule has 4 rings (SSSR count). The van der Waals surface area contributed by atoms with Crippen molar-refractivity contribution in [2.45, 2.75) is 42.7 Å². The van der Waals surface area contributed by atoms with Crippen LogP contribution in [-0.2, 0) is 20.8 Å². The average molecular weight is 553 g/mol. The molecule has 206 valence electrons. The molecule has 0 radical (unpaired) electrons. The van der Waals surface area contributed by atoms with Gasteiger partial charge in [-0.2, -0.15) is 0 Å². The first-order chi connectivity index (χ1) is 18.8. The third kappa shape index (κ3) is 7.78. The van der Waals surface area contributed by atoms with Gasteiger partial charge in [0, 0.05) is 49.5 Å². The maximum Gasteiger partial charge on any atom is 0.243 e. The Kier molecular flexibility index (Phi) is 9.91. The lowest BCUT2D eigenvalue weighted by molar-refractivity contribution is -0.129. The van der Waals surface area contributed by atoms with E-state index < -0.39 is 18.1 Å². The summed E-state index contributed by atoms with van der Waals surface area (Å²) in [5.74, 6) is -0.604. The van der Waals surface area contributed by atoms with Crippen LogP contribution in [-0.4, -0.2) is 60.4 Å². The zero-order chi connectivity index (χ0) is 27.8. The summed E-state index contributed by atoms with van der Waals surface area (Å²) in [5, 5.41) is 17.3. The Balaban J connectivity index is 1.40. The van der Waals surface area contributed by atoms with Crippen molar-refractivity contribution in [3.05, 3.63) is 72.0 Å². The largest absolute Gasteiger partial charge is 0.390 e. The Morgan fingerprint density at radius 2 is 1.90 bits per heavy atom. The number of hydrogen-bond acceptors (Lipinski definition) is 6. The smallest absolute Gasteiger partial charge is 0.243 e. The molecule has 3 aromatic carbocycles. The van der Waals surface area contributed by atoms with Crippen molar-refractivity contribution < 1.29 is 23.9 Å². The molecule has 39 heavy (non-hydrogen) atoms. The number of hydrogen-bond donors (Lipinski definition) is 4. The summed E-state index contributed by atoms with van der Waals surface area (Å²) >= 11 is 1.44. The number of amides is 3. The van der Waals surface area contributed by atoms with Crippen molar-refractivity contribution in [3.63, 3.8) is 0 Å². The fourth-order valence-electron chi connectivity index (χ4n) is 4.49. The number of nitrogens with zero attached hydrogens (tertiary/aromatic N) is 1. The van der Waals surface area contributed by atoms with Crippen LogP contribution in [0.3, 0.4) is 0 Å². The van der Waals surface area contributed by atoms with Crippen molar-refractivity contribution in [2.24, 2.45) is 5.73 Å². The predicted molar refractivity (Wildman–Crippen MR) is 151 cm³/mol. The third-order valence-corrected chi connectivity index (χ3v) is 7.61. The van der Waals surface area contributed by atoms with Gasteiger partial charge < -0.3 is 26.4 Å². The van der Waals surface area contributed by atoms with Crippen LogP contribution in [0.1, 0.15) is 24.8 Å². The maximum absolute atomic E-state index is 13.7. The van der Waals surface area contributed by atoms with Crippen LogP contribution in [0, 0.1) is 5.82 Å². The van der Waals surface area contributed by atoms with Crippen molar-refractivity contribution in [2.75, 3.05) is 30.3 Å². The number of nitrogens with one attached hydrogen (secondary N) is 2. The first-order valence-corrected chi connectivity index (χ1v) is 14.0. The average Bonchev–Trinajstić information content (AvgIpc) is 3.08. The predicted octanol–water partition coefficient (Wildman–Crippen LogP) is 2.75. The van der Waals surface area contributed by atoms with E-state index in [1.54, 1.807) is 11.0 Å². The highest BCUT2D eigenvalue weighted by atomic mass is 32.2. The minimum atomic E-state index is -0.883. The molecule has 3 aromatic rings. The Bertz CT molecular complexity index is 1340. The van der Waals surface area contributed by atoms with Crippen molar-refractivity contribution in [1.82, 2.24) is 10.6 Å². The third-order valence-electron chi connectivity index (χ3n) is 6.56. The Hall–Kier alpha value is -3.47. The molecular weight excluding hydrogens is 519 g/mol. The molecule has 0 aliphatic carbocycles. The maximum atomic E-state index is 13.7. The molecular formula is C29H33FN4O4S. The zero-order valence-corrected chi connectivity index (χ0v) is 22.4. The molecule has 1 heterocycles. The van der Waals surface area contributed by atoms with Crippen LogP contribution in [0.5, 0.6) is 0 Å². The fourth-order valence-corrected chi connectivity index (χ4v) is 5.51. The molecule has 0 saturated heterocycles. The van der Waals surface area contributed by atoms with Gasteiger partial charge in [0.25, 0.3) is 0 Å². The van der Waals surface area contributed by atoms with Gasteiger partial charge in [-0.3, -0.25) is 14.4 Å². The molecule has 0 spiro atoms. The summed E-state index contributed by atoms with van der Waals surface area (Å²) in [6, 6.07) is 17.3. The van der Waals surface area contributed by atoms with Crippen molar-refractivity contribution in [3.8, 4) is 0 Å². The van der Waals surface area contributed by atoms with Gasteiger partial charge in [0.1, 0.15) is 11.9 Å². The van der Waals surface area contributed by atoms with E-state index in [2.05, 4.69) is 10.6 Å². The Morgan fingerprint density at radius 1 is 1.10 bits per heavy atom. The quantitative estimate of drug-likeness (QED) is 0.290. The number of halogens is 1. The number of benzene rings is 3. The minimum Gasteiger partial charge on any atom is -0.390 e. The minimum absolute atomic E-state index is 0.00543. The summed E-state index contributed by atoms with van der Waals surface area (Å²) in [7, 11) is 0. The molecule has 3 amide bonds. The van der Waals surface area contributed by atoms with E-state index in [9.17, 15) is 23.9 Å². The molecule has 10 heteroatoms. The molecule has 0 bridgehead atoms. The number of anilines is 1. The van der Waals surface area contributed by atoms with Gasteiger partial charge in [0.05, 0.1) is 11.8 Å². The summed E-state index contributed by atoms with van der Waals surface area (Å²) < 4.78 is 13.7. The summed E-state index contributed by atoms with van der Waals surface area (Å²) in [4.78, 5) is 40.9. The van der Waals surface area contributed by atoms with Crippen LogP contribution >= 0.6 is 11.8 Å². The SMILES string of the molecule is NC[C@@H](O)CNC(=O)C(Cc1ccc2ccccc2c1)NC(=O)CCCN1C(=O)CCSc2cc(F)ccc21. The second kappa shape index (κ2) is 13.5. The molecule has 1 unspecified atom stereocenters. The molecule has 1 aliphatic heterocycles. The van der Waals surface area contributed by atoms with Crippen LogP contribution in [0.15, 0.2) is 65.6 Å². The molecule has 0 fully saturated rings. The Labute approximate surface area is 231 Å². The highest BCUT2D eigenvalue weighted by Crippen LogP contribution is 2.35. The van der Waals surface area contributed by atoms with E-state index in [1.165, 1.54) is 23.9 Å². The molecule has 2 atom stereocenters. The van der Waals surface area contributed by atoms with Crippen LogP contribution in [0.2, 0.25) is 0 Å². The highest BCUT2D eigenvalue weighted by molar-refractivity contribution is 7.99. The van der Waals surface area contributed by atoms with E-state index in [-0.39, 0.29) is 43.6 Å². The topological polar surface area (TPSA) is 125 Å². The van der Waals surface area contributed by atoms with E-state index in [4.69, 9.17) is 5.73 Å². The van der Waals surface area contributed by atoms with Crippen LogP contribution < -0.4 is 21.3 Å². The molecule has 5 N–H and O–H groups in total. The van der Waals surface area contributed by atoms with E-state index in [0.29, 0.717) is 35.7 Å². The van der Waals surface area contributed by atoms with Gasteiger partial charge in [-0.25, -0.2) is 4.39 Å². The fraction of sp³-hybridized carbons (Fsp3) is 0.345. The first-order valence-electron chi connectivity index (χ1n) is 13.0. The van der Waals surface area contributed by atoms with Crippen LogP contribution in [0.25, 0.3) is 10.8 Å². The summed E-state index contributed by atoms with van der Waals surface area (Å²) in [5.41, 5.74) is 6.97. The number of nitrogens with two attached hydrogens (primary N) is 1. The number of aliphatic hydroxyl groups excluding tert-OH is 1. The van der Waals surface area contributed by atoms with Gasteiger partial charge in [0.2, 0.25) is 17.7 Å². The van der Waals surface area contributed by atoms with Gasteiger partial charge in [-0.05, 0) is 41.0 Å². The molecule has 0 saturated carbocycles. The van der Waals surface area contributed by atoms with Crippen molar-refractivity contribution in [1.29, 1.82) is 0 Å². The highest BCUT2D eigenvalue weighted by Gasteiger charge is 2.25. The molecule has 1 aliphatic rings. The number of carbonyl (C=O) groups excluding carboxylic acids is 3. The monoisotopic (exact) mass is 552 g/mol. The number of carbonyl (C=O) groups is 3. The van der Waals surface area contributed by atoms with E-state index in [1.807, 2.05) is 42.5 Å². The van der Waals surface area contributed by atoms with E-state index >= 15 is 0 Å². The summed E-state index contributed by atoms with van der Waals surface area (Å²) in [6.07, 6.45) is 0.180. The van der Waals surface area contributed by atoms with Crippen LogP contribution in [0.4, 0.5) is 10.1 Å². The number of thioether (sulfide) groups is 1. The Morgan fingerprint density at radius 3 is 2.69 bits per heavy atom. The second-order valence-electron chi connectivity index (χ2n) is 9.50. The normalized spacial score (nSPS) is 14.8. The van der Waals surface area contributed by atoms with Crippen molar-refractivity contribution >= 4 is 45.9 Å².